The molecular formula is C4H6ClN3. The van der Waals surface area contributed by atoms with Crippen molar-refractivity contribution in [3.05, 3.63) is 0 Å². The summed E-state index contributed by atoms with van der Waals surface area (Å²) >= 11 is 4.64. The van der Waals surface area contributed by atoms with Crippen molar-refractivity contribution < 1.29 is 0 Å². The van der Waals surface area contributed by atoms with Gasteiger partial charge in [0.1, 0.15) is 0 Å². The lowest BCUT2D eigenvalue weighted by Gasteiger charge is -1.68. The van der Waals surface area contributed by atoms with E-state index < -0.39 is 0 Å². The number of aliphatic imine (C=N–C) groups is 2. The molecule has 0 aromatic rings. The fraction of sp³-hybridized carbons (Fsp3) is 0.250. The second-order valence-corrected chi connectivity index (χ2v) is 0.880. The van der Waals surface area contributed by atoms with Crippen LogP contribution in [0.1, 0.15) is 0 Å². The van der Waals surface area contributed by atoms with Crippen LogP contribution in [0.5, 0.6) is 0 Å². The SMILES string of the molecule is CCl.N=C1N=CC=N1. The maximum Gasteiger partial charge on any atom is 0.241 e. The molecule has 0 fully saturated rings. The van der Waals surface area contributed by atoms with Gasteiger partial charge in [0.15, 0.2) is 0 Å². The van der Waals surface area contributed by atoms with Gasteiger partial charge in [-0.3, -0.25) is 5.41 Å². The molecule has 8 heavy (non-hydrogen) atoms. The van der Waals surface area contributed by atoms with Gasteiger partial charge in [0.2, 0.25) is 5.96 Å². The van der Waals surface area contributed by atoms with Crippen molar-refractivity contribution in [2.45, 2.75) is 0 Å². The highest BCUT2D eigenvalue weighted by molar-refractivity contribution is 6.25. The molecule has 1 N–H and O–H groups in total. The Morgan fingerprint density at radius 2 is 1.75 bits per heavy atom. The second kappa shape index (κ2) is 4.46. The first-order valence-corrected chi connectivity index (χ1v) is 2.68. The number of halogens is 1. The van der Waals surface area contributed by atoms with E-state index in [9.17, 15) is 0 Å². The number of hydrogen-bond acceptors (Lipinski definition) is 1. The van der Waals surface area contributed by atoms with Gasteiger partial charge in [-0.25, -0.2) is 9.98 Å². The van der Waals surface area contributed by atoms with Crippen molar-refractivity contribution >= 4 is 30.0 Å². The molecule has 0 aromatic heterocycles. The van der Waals surface area contributed by atoms with E-state index in [1.54, 1.807) is 0 Å². The zero-order chi connectivity index (χ0) is 6.41. The first-order valence-electron chi connectivity index (χ1n) is 1.92. The quantitative estimate of drug-likeness (QED) is 0.476. The average molecular weight is 132 g/mol. The Labute approximate surface area is 52.6 Å². The molecule has 0 bridgehead atoms. The molecule has 0 unspecified atom stereocenters. The zero-order valence-corrected chi connectivity index (χ0v) is 5.18. The van der Waals surface area contributed by atoms with Crippen molar-refractivity contribution in [1.29, 1.82) is 5.41 Å². The summed E-state index contributed by atoms with van der Waals surface area (Å²) in [5.41, 5.74) is 0. The molecule has 1 rings (SSSR count). The molecule has 4 heteroatoms. The number of hydrogen-bond donors (Lipinski definition) is 1. The van der Waals surface area contributed by atoms with E-state index >= 15 is 0 Å². The number of nitrogens with zero attached hydrogens (tertiary/aromatic N) is 2. The van der Waals surface area contributed by atoms with Gasteiger partial charge in [-0.1, -0.05) is 0 Å². The van der Waals surface area contributed by atoms with Crippen LogP contribution in [-0.2, 0) is 0 Å². The van der Waals surface area contributed by atoms with Gasteiger partial charge in [0.05, 0.1) is 0 Å². The van der Waals surface area contributed by atoms with E-state index in [-0.39, 0.29) is 5.96 Å². The molecule has 0 saturated carbocycles. The molecule has 0 aliphatic carbocycles. The van der Waals surface area contributed by atoms with Gasteiger partial charge in [0, 0.05) is 18.8 Å². The predicted octanol–water partition coefficient (Wildman–Crippen LogP) is 0.931. The topological polar surface area (TPSA) is 48.6 Å². The lowest BCUT2D eigenvalue weighted by Crippen LogP contribution is -1.73. The maximum atomic E-state index is 6.65. The minimum atomic E-state index is 0.0926. The maximum absolute atomic E-state index is 6.65. The standard InChI is InChI=1S/C3H3N3.CH3Cl/c4-3-5-1-2-6-3;1-2/h1-2,4H;1H3. The molecule has 1 aliphatic heterocycles. The first kappa shape index (κ1) is 7.30. The second-order valence-electron chi connectivity index (χ2n) is 0.880. The van der Waals surface area contributed by atoms with Crippen LogP contribution in [0.25, 0.3) is 0 Å². The first-order chi connectivity index (χ1) is 3.89. The van der Waals surface area contributed by atoms with Crippen molar-refractivity contribution in [2.75, 3.05) is 6.38 Å². The summed E-state index contributed by atoms with van der Waals surface area (Å²) in [6.07, 6.45) is 4.45. The minimum absolute atomic E-state index is 0.0926. The van der Waals surface area contributed by atoms with E-state index in [1.165, 1.54) is 18.8 Å². The van der Waals surface area contributed by atoms with E-state index in [2.05, 4.69) is 21.6 Å². The lowest BCUT2D eigenvalue weighted by atomic mass is 10.9. The Morgan fingerprint density at radius 1 is 1.38 bits per heavy atom. The van der Waals surface area contributed by atoms with E-state index in [0.29, 0.717) is 0 Å². The molecule has 0 amide bonds. The van der Waals surface area contributed by atoms with E-state index in [4.69, 9.17) is 5.41 Å². The smallest absolute Gasteiger partial charge is 0.241 e. The Bertz CT molecular complexity index is 113. The van der Waals surface area contributed by atoms with Crippen LogP contribution in [0.3, 0.4) is 0 Å². The molecule has 44 valence electrons. The third-order valence-corrected chi connectivity index (χ3v) is 0.460. The van der Waals surface area contributed by atoms with Crippen LogP contribution in [0, 0.1) is 5.41 Å². The van der Waals surface area contributed by atoms with Crippen LogP contribution in [0.2, 0.25) is 0 Å². The fourth-order valence-corrected chi connectivity index (χ4v) is 0.241. The Kier molecular flexibility index (Phi) is 4.07. The van der Waals surface area contributed by atoms with Crippen molar-refractivity contribution in [3.8, 4) is 0 Å². The third kappa shape index (κ3) is 2.47. The van der Waals surface area contributed by atoms with Crippen molar-refractivity contribution in [2.24, 2.45) is 9.98 Å². The molecule has 0 aromatic carbocycles. The Balaban J connectivity index is 0.000000222. The summed E-state index contributed by atoms with van der Waals surface area (Å²) in [7, 11) is 0. The largest absolute Gasteiger partial charge is 0.266 e. The van der Waals surface area contributed by atoms with Crippen LogP contribution < -0.4 is 0 Å². The van der Waals surface area contributed by atoms with Gasteiger partial charge in [-0.15, -0.1) is 11.6 Å². The highest BCUT2D eigenvalue weighted by Crippen LogP contribution is 1.79. The highest BCUT2D eigenvalue weighted by atomic mass is 35.5. The lowest BCUT2D eigenvalue weighted by molar-refractivity contribution is 1.41. The van der Waals surface area contributed by atoms with Gasteiger partial charge < -0.3 is 0 Å². The average Bonchev–Trinajstić information content (AvgIpc) is 2.24. The van der Waals surface area contributed by atoms with Gasteiger partial charge >= 0.3 is 0 Å². The molecule has 0 radical (unpaired) electrons. The van der Waals surface area contributed by atoms with Gasteiger partial charge in [0.25, 0.3) is 0 Å². The molecule has 3 nitrogen and oxygen atoms in total. The number of rotatable bonds is 0. The molecule has 0 saturated heterocycles. The van der Waals surface area contributed by atoms with Crippen LogP contribution in [0.4, 0.5) is 0 Å². The normalized spacial score (nSPS) is 13.5. The molecule has 1 aliphatic rings. The van der Waals surface area contributed by atoms with Crippen LogP contribution in [-0.4, -0.2) is 24.8 Å². The highest BCUT2D eigenvalue weighted by Gasteiger charge is 1.86. The number of nitrogens with one attached hydrogen (secondary N) is 1. The monoisotopic (exact) mass is 131 g/mol. The zero-order valence-electron chi connectivity index (χ0n) is 4.43. The molecular weight excluding hydrogens is 126 g/mol. The summed E-state index contributed by atoms with van der Waals surface area (Å²) in [6, 6.07) is 0. The summed E-state index contributed by atoms with van der Waals surface area (Å²) in [4.78, 5) is 6.94. The minimum Gasteiger partial charge on any atom is -0.266 e. The van der Waals surface area contributed by atoms with Crippen molar-refractivity contribution in [1.82, 2.24) is 0 Å². The summed E-state index contributed by atoms with van der Waals surface area (Å²) in [6.45, 7) is 0. The summed E-state index contributed by atoms with van der Waals surface area (Å²) < 4.78 is 0. The van der Waals surface area contributed by atoms with Gasteiger partial charge in [-0.2, -0.15) is 0 Å². The Hall–Kier alpha value is -0.700. The Morgan fingerprint density at radius 3 is 1.88 bits per heavy atom. The van der Waals surface area contributed by atoms with E-state index in [1.807, 2.05) is 0 Å². The number of guanidine groups is 1. The van der Waals surface area contributed by atoms with Crippen LogP contribution in [0.15, 0.2) is 9.98 Å². The number of alkyl halides is 1. The molecule has 0 atom stereocenters. The predicted molar refractivity (Wildman–Crippen MR) is 36.5 cm³/mol. The molecule has 0 spiro atoms. The fourth-order valence-electron chi connectivity index (χ4n) is 0.241. The van der Waals surface area contributed by atoms with E-state index in [0.717, 1.165) is 0 Å². The van der Waals surface area contributed by atoms with Crippen molar-refractivity contribution in [3.63, 3.8) is 0 Å². The van der Waals surface area contributed by atoms with Gasteiger partial charge in [-0.05, 0) is 0 Å². The van der Waals surface area contributed by atoms with Crippen LogP contribution >= 0.6 is 11.6 Å². The summed E-state index contributed by atoms with van der Waals surface area (Å²) in [5.74, 6) is 0.0926. The third-order valence-electron chi connectivity index (χ3n) is 0.460. The molecule has 1 heterocycles. The summed E-state index contributed by atoms with van der Waals surface area (Å²) in [5, 5.41) is 6.65.